The number of hydrogen-bond acceptors (Lipinski definition) is 1. The minimum atomic E-state index is 0.245. The van der Waals surface area contributed by atoms with Crippen molar-refractivity contribution < 1.29 is 0 Å². The van der Waals surface area contributed by atoms with E-state index in [4.69, 9.17) is 0 Å². The fourth-order valence-corrected chi connectivity index (χ4v) is 9.24. The van der Waals surface area contributed by atoms with E-state index in [1.54, 1.807) is 0 Å². The molecule has 2 nitrogen and oxygen atoms in total. The third kappa shape index (κ3) is 2.12. The highest BCUT2D eigenvalue weighted by Crippen LogP contribution is 2.47. The molecule has 40 heavy (non-hydrogen) atoms. The van der Waals surface area contributed by atoms with Gasteiger partial charge < -0.3 is 8.97 Å². The molecule has 0 saturated carbocycles. The molecule has 6 aromatic carbocycles. The maximum Gasteiger partial charge on any atom is 0.249 e. The highest BCUT2D eigenvalue weighted by molar-refractivity contribution is 8.00. The van der Waals surface area contributed by atoms with Gasteiger partial charge >= 0.3 is 0 Å². The zero-order valence-corrected chi connectivity index (χ0v) is 22.2. The Hall–Kier alpha value is -4.67. The average molecular weight is 522 g/mol. The summed E-state index contributed by atoms with van der Waals surface area (Å²) in [5, 5.41) is 8.04. The van der Waals surface area contributed by atoms with Gasteiger partial charge in [0.1, 0.15) is 0 Å². The molecular weight excluding hydrogens is 503 g/mol. The first kappa shape index (κ1) is 20.3. The first-order valence-corrected chi connectivity index (χ1v) is 14.7. The van der Waals surface area contributed by atoms with Crippen molar-refractivity contribution >= 4 is 94.8 Å². The van der Waals surface area contributed by atoms with E-state index >= 15 is 0 Å². The van der Waals surface area contributed by atoms with Crippen LogP contribution >= 0.6 is 11.8 Å². The highest BCUT2D eigenvalue weighted by Gasteiger charge is 2.39. The molecule has 0 saturated heterocycles. The maximum absolute atomic E-state index is 2.61. The third-order valence-corrected chi connectivity index (χ3v) is 10.7. The van der Waals surface area contributed by atoms with Crippen LogP contribution in [-0.2, 0) is 0 Å². The average Bonchev–Trinajstić information content (AvgIpc) is 3.64. The van der Waals surface area contributed by atoms with Gasteiger partial charge in [0.05, 0.1) is 22.1 Å². The second kappa shape index (κ2) is 6.72. The SMILES string of the molecule is c1ccc2c(c1)Sc1cccc3c1B2c1cccc2c4cc5c6ccccc6n6c7ccccc7c(c4n-3c12)c56. The van der Waals surface area contributed by atoms with Crippen molar-refractivity contribution in [2.24, 2.45) is 0 Å². The molecule has 0 bridgehead atoms. The Morgan fingerprint density at radius 3 is 2.10 bits per heavy atom. The Labute approximate surface area is 233 Å². The number of rotatable bonds is 0. The summed E-state index contributed by atoms with van der Waals surface area (Å²) < 4.78 is 5.11. The summed E-state index contributed by atoms with van der Waals surface area (Å²) in [5.41, 5.74) is 12.2. The summed E-state index contributed by atoms with van der Waals surface area (Å²) in [7, 11) is 0. The van der Waals surface area contributed by atoms with Crippen LogP contribution in [0.2, 0.25) is 0 Å². The molecule has 0 spiro atoms. The second-order valence-corrected chi connectivity index (χ2v) is 12.3. The van der Waals surface area contributed by atoms with Crippen LogP contribution in [0.25, 0.3) is 65.6 Å². The Morgan fingerprint density at radius 2 is 1.18 bits per heavy atom. The van der Waals surface area contributed by atoms with Gasteiger partial charge in [-0.25, -0.2) is 0 Å². The first-order chi connectivity index (χ1) is 19.9. The summed E-state index contributed by atoms with van der Waals surface area (Å²) in [6.07, 6.45) is 0. The van der Waals surface area contributed by atoms with Crippen LogP contribution < -0.4 is 16.4 Å². The largest absolute Gasteiger partial charge is 0.310 e. The van der Waals surface area contributed by atoms with Gasteiger partial charge in [-0.2, -0.15) is 0 Å². The van der Waals surface area contributed by atoms with Gasteiger partial charge in [0.2, 0.25) is 6.71 Å². The summed E-state index contributed by atoms with van der Waals surface area (Å²) in [6.45, 7) is 0.245. The van der Waals surface area contributed by atoms with E-state index in [9.17, 15) is 0 Å². The Balaban J connectivity index is 1.46. The monoisotopic (exact) mass is 522 g/mol. The molecule has 0 aliphatic carbocycles. The Morgan fingerprint density at radius 1 is 0.500 bits per heavy atom. The van der Waals surface area contributed by atoms with E-state index in [0.717, 1.165) is 0 Å². The van der Waals surface area contributed by atoms with Crippen LogP contribution in [0.5, 0.6) is 0 Å². The Kier molecular flexibility index (Phi) is 3.41. The first-order valence-electron chi connectivity index (χ1n) is 13.9. The predicted octanol–water partition coefficient (Wildman–Crippen LogP) is 7.23. The van der Waals surface area contributed by atoms with Gasteiger partial charge in [0.25, 0.3) is 0 Å². The lowest BCUT2D eigenvalue weighted by Gasteiger charge is -2.33. The van der Waals surface area contributed by atoms with Crippen molar-refractivity contribution in [1.29, 1.82) is 0 Å². The molecule has 9 aromatic rings. The molecule has 2 aliphatic heterocycles. The summed E-state index contributed by atoms with van der Waals surface area (Å²) in [4.78, 5) is 2.75. The molecule has 5 heterocycles. The lowest BCUT2D eigenvalue weighted by Crippen LogP contribution is -2.58. The molecule has 0 fully saturated rings. The summed E-state index contributed by atoms with van der Waals surface area (Å²) in [6, 6.07) is 43.2. The molecular formula is C36H19BN2S. The predicted molar refractivity (Wildman–Crippen MR) is 171 cm³/mol. The van der Waals surface area contributed by atoms with E-state index in [2.05, 4.69) is 124 Å². The quantitative estimate of drug-likeness (QED) is 0.191. The van der Waals surface area contributed by atoms with Gasteiger partial charge in [-0.3, -0.25) is 0 Å². The summed E-state index contributed by atoms with van der Waals surface area (Å²) >= 11 is 1.92. The van der Waals surface area contributed by atoms with Crippen molar-refractivity contribution in [3.8, 4) is 5.69 Å². The van der Waals surface area contributed by atoms with Gasteiger partial charge in [-0.1, -0.05) is 96.1 Å². The zero-order valence-electron chi connectivity index (χ0n) is 21.3. The molecule has 0 unspecified atom stereocenters. The fraction of sp³-hybridized carbons (Fsp3) is 0. The third-order valence-electron chi connectivity index (χ3n) is 9.48. The zero-order chi connectivity index (χ0) is 25.7. The van der Waals surface area contributed by atoms with Crippen molar-refractivity contribution in [3.63, 3.8) is 0 Å². The van der Waals surface area contributed by atoms with E-state index in [1.807, 2.05) is 11.8 Å². The van der Waals surface area contributed by atoms with Gasteiger partial charge in [-0.05, 0) is 47.3 Å². The van der Waals surface area contributed by atoms with Crippen LogP contribution in [0.3, 0.4) is 0 Å². The fourth-order valence-electron chi connectivity index (χ4n) is 8.07. The molecule has 0 atom stereocenters. The molecule has 0 radical (unpaired) electrons. The number of benzene rings is 6. The molecule has 2 aliphatic rings. The minimum absolute atomic E-state index is 0.245. The minimum Gasteiger partial charge on any atom is -0.310 e. The lowest BCUT2D eigenvalue weighted by molar-refractivity contribution is 1.18. The van der Waals surface area contributed by atoms with Crippen LogP contribution in [0.1, 0.15) is 0 Å². The second-order valence-electron chi connectivity index (χ2n) is 11.3. The number of fused-ring (bicyclic) bond motifs is 14. The van der Waals surface area contributed by atoms with E-state index in [-0.39, 0.29) is 6.71 Å². The molecule has 0 amide bonds. The van der Waals surface area contributed by atoms with Crippen LogP contribution in [-0.4, -0.2) is 15.7 Å². The smallest absolute Gasteiger partial charge is 0.249 e. The van der Waals surface area contributed by atoms with Crippen LogP contribution in [0.15, 0.2) is 125 Å². The lowest BCUT2D eigenvalue weighted by atomic mass is 9.35. The van der Waals surface area contributed by atoms with Crippen molar-refractivity contribution in [1.82, 2.24) is 8.97 Å². The number of aromatic nitrogens is 2. The topological polar surface area (TPSA) is 9.34 Å². The van der Waals surface area contributed by atoms with E-state index < -0.39 is 0 Å². The molecule has 182 valence electrons. The van der Waals surface area contributed by atoms with E-state index in [0.29, 0.717) is 0 Å². The molecule has 3 aromatic heterocycles. The highest BCUT2D eigenvalue weighted by atomic mass is 32.2. The van der Waals surface area contributed by atoms with Crippen molar-refractivity contribution in [2.45, 2.75) is 9.79 Å². The van der Waals surface area contributed by atoms with Gasteiger partial charge in [-0.15, -0.1) is 0 Å². The van der Waals surface area contributed by atoms with Gasteiger partial charge in [0.15, 0.2) is 0 Å². The molecule has 11 rings (SSSR count). The van der Waals surface area contributed by atoms with E-state index in [1.165, 1.54) is 91.8 Å². The van der Waals surface area contributed by atoms with Gasteiger partial charge in [0, 0.05) is 53.3 Å². The van der Waals surface area contributed by atoms with Crippen molar-refractivity contribution in [2.75, 3.05) is 0 Å². The number of hydrogen-bond donors (Lipinski definition) is 0. The van der Waals surface area contributed by atoms with Crippen molar-refractivity contribution in [3.05, 3.63) is 115 Å². The molecule has 4 heteroatoms. The van der Waals surface area contributed by atoms with Crippen LogP contribution in [0.4, 0.5) is 0 Å². The standard InChI is InChI=1S/C36H19BN2S/c1-4-14-27-20(9-1)23-19-24-21-11-7-13-26-34(21)39(36(24)32-22-10-2-5-15-28(22)38(27)35(23)32)29-16-8-18-31-33(29)37(26)25-12-3-6-17-30(25)40-31/h1-19H. The normalized spacial score (nSPS) is 13.8. The summed E-state index contributed by atoms with van der Waals surface area (Å²) in [5.74, 6) is 0. The van der Waals surface area contributed by atoms with Crippen LogP contribution in [0, 0.1) is 0 Å². The maximum atomic E-state index is 2.61. The number of para-hydroxylation sites is 3. The molecule has 0 N–H and O–H groups in total. The number of nitrogens with zero attached hydrogens (tertiary/aromatic N) is 2. The Bertz CT molecular complexity index is 2590.